The van der Waals surface area contributed by atoms with Crippen LogP contribution in [0.3, 0.4) is 0 Å². The molecule has 4 heterocycles. The van der Waals surface area contributed by atoms with Crippen LogP contribution < -0.4 is 5.73 Å². The molecule has 134 valence electrons. The van der Waals surface area contributed by atoms with Gasteiger partial charge in [-0.2, -0.15) is 5.10 Å². The van der Waals surface area contributed by atoms with Gasteiger partial charge in [-0.15, -0.1) is 0 Å². The second-order valence-corrected chi connectivity index (χ2v) is 6.50. The third-order valence-electron chi connectivity index (χ3n) is 4.23. The second-order valence-electron chi connectivity index (χ2n) is 6.50. The summed E-state index contributed by atoms with van der Waals surface area (Å²) in [6.45, 7) is 1.88. The summed E-state index contributed by atoms with van der Waals surface area (Å²) in [7, 11) is 0. The van der Waals surface area contributed by atoms with E-state index in [-0.39, 0.29) is 6.04 Å². The number of nitrogens with two attached hydrogens (primary N) is 1. The molecule has 0 unspecified atom stereocenters. The van der Waals surface area contributed by atoms with Gasteiger partial charge in [-0.25, -0.2) is 4.98 Å². The molecule has 0 amide bonds. The highest BCUT2D eigenvalue weighted by Gasteiger charge is 2.14. The quantitative estimate of drug-likeness (QED) is 0.474. The van der Waals surface area contributed by atoms with E-state index in [0.29, 0.717) is 23.5 Å². The first-order chi connectivity index (χ1) is 13.1. The number of aromatic amines is 1. The van der Waals surface area contributed by atoms with Crippen LogP contribution >= 0.6 is 0 Å². The van der Waals surface area contributed by atoms with Gasteiger partial charge in [-0.3, -0.25) is 15.1 Å². The van der Waals surface area contributed by atoms with E-state index >= 15 is 0 Å². The maximum Gasteiger partial charge on any atom is 0.118 e. The zero-order valence-corrected chi connectivity index (χ0v) is 14.8. The van der Waals surface area contributed by atoms with E-state index in [0.717, 1.165) is 27.9 Å². The minimum absolute atomic E-state index is 0.0812. The summed E-state index contributed by atoms with van der Waals surface area (Å²) in [5, 5.41) is 16.6. The predicted molar refractivity (Wildman–Crippen MR) is 105 cm³/mol. The Balaban J connectivity index is 1.77. The zero-order chi connectivity index (χ0) is 18.8. The third-order valence-corrected chi connectivity index (χ3v) is 4.23. The number of pyridine rings is 3. The molecule has 0 saturated heterocycles. The summed E-state index contributed by atoms with van der Waals surface area (Å²) >= 11 is 0. The van der Waals surface area contributed by atoms with Gasteiger partial charge in [0.15, 0.2) is 0 Å². The number of fused-ring (bicyclic) bond motifs is 1. The van der Waals surface area contributed by atoms with Crippen LogP contribution in [0.5, 0.6) is 0 Å². The molecular weight excluding hydrogens is 338 g/mol. The molecule has 4 aromatic heterocycles. The Morgan fingerprint density at radius 1 is 1.19 bits per heavy atom. The molecule has 0 radical (unpaired) electrons. The van der Waals surface area contributed by atoms with E-state index < -0.39 is 0 Å². The zero-order valence-electron chi connectivity index (χ0n) is 14.8. The fourth-order valence-electron chi connectivity index (χ4n) is 2.95. The Hall–Kier alpha value is -3.45. The maximum atomic E-state index is 8.20. The summed E-state index contributed by atoms with van der Waals surface area (Å²) < 4.78 is 0. The molecule has 0 fully saturated rings. The highest BCUT2D eigenvalue weighted by Crippen LogP contribution is 2.28. The minimum Gasteiger partial charge on any atom is -0.328 e. The van der Waals surface area contributed by atoms with Crippen molar-refractivity contribution in [3.05, 3.63) is 60.7 Å². The highest BCUT2D eigenvalue weighted by atomic mass is 15.1. The van der Waals surface area contributed by atoms with Gasteiger partial charge in [-0.1, -0.05) is 6.07 Å². The van der Waals surface area contributed by atoms with Gasteiger partial charge < -0.3 is 11.1 Å². The Labute approximate surface area is 156 Å². The fraction of sp³-hybridized carbons (Fsp3) is 0.150. The maximum absolute atomic E-state index is 8.20. The number of nitrogens with zero attached hydrogens (tertiary/aromatic N) is 4. The Morgan fingerprint density at radius 3 is 2.85 bits per heavy atom. The molecule has 7 heteroatoms. The number of hydrogen-bond acceptors (Lipinski definition) is 6. The molecule has 0 aliphatic carbocycles. The average molecular weight is 357 g/mol. The van der Waals surface area contributed by atoms with Crippen molar-refractivity contribution in [2.45, 2.75) is 19.4 Å². The summed E-state index contributed by atoms with van der Waals surface area (Å²) in [4.78, 5) is 13.3. The summed E-state index contributed by atoms with van der Waals surface area (Å²) in [6, 6.07) is 11.3. The number of nitrogens with one attached hydrogen (secondary N) is 2. The molecule has 7 nitrogen and oxygen atoms in total. The van der Waals surface area contributed by atoms with Gasteiger partial charge >= 0.3 is 0 Å². The largest absolute Gasteiger partial charge is 0.328 e. The molecule has 4 aromatic rings. The van der Waals surface area contributed by atoms with Crippen molar-refractivity contribution in [1.29, 1.82) is 5.41 Å². The van der Waals surface area contributed by atoms with Crippen LogP contribution in [0.1, 0.15) is 19.0 Å². The smallest absolute Gasteiger partial charge is 0.118 e. The molecule has 4 rings (SSSR count). The number of H-pyrrole nitrogens is 1. The number of hydrogen-bond donors (Lipinski definition) is 3. The average Bonchev–Trinajstić information content (AvgIpc) is 3.11. The van der Waals surface area contributed by atoms with Gasteiger partial charge in [0.25, 0.3) is 0 Å². The lowest BCUT2D eigenvalue weighted by Crippen LogP contribution is -2.20. The standard InChI is InChI=1S/C20H19N7/c1-12(21)8-15(22)16-5-2-6-17(25-16)20-14-9-18(13-4-3-7-23-10-13)24-11-19(14)26-27-20/h2-7,9-12,22H,8,21H2,1H3,(H,26,27)/t12-/m0/s1. The van der Waals surface area contributed by atoms with Crippen molar-refractivity contribution < 1.29 is 0 Å². The summed E-state index contributed by atoms with van der Waals surface area (Å²) in [6.07, 6.45) is 5.75. The molecule has 0 aliphatic heterocycles. The van der Waals surface area contributed by atoms with Crippen LogP contribution in [-0.2, 0) is 0 Å². The van der Waals surface area contributed by atoms with Gasteiger partial charge in [0.1, 0.15) is 5.69 Å². The monoisotopic (exact) mass is 357 g/mol. The molecule has 0 aromatic carbocycles. The van der Waals surface area contributed by atoms with E-state index in [1.54, 1.807) is 18.6 Å². The topological polar surface area (TPSA) is 117 Å². The van der Waals surface area contributed by atoms with E-state index in [4.69, 9.17) is 11.1 Å². The first kappa shape index (κ1) is 17.0. The SMILES string of the molecule is C[C@H](N)CC(=N)c1cccc(-c2n[nH]c3cnc(-c4cccnc4)cc23)n1. The van der Waals surface area contributed by atoms with Crippen molar-refractivity contribution in [3.63, 3.8) is 0 Å². The van der Waals surface area contributed by atoms with Crippen molar-refractivity contribution in [3.8, 4) is 22.6 Å². The molecule has 0 aliphatic rings. The minimum atomic E-state index is -0.0812. The lowest BCUT2D eigenvalue weighted by molar-refractivity contribution is 0.775. The number of aromatic nitrogens is 5. The van der Waals surface area contributed by atoms with Gasteiger partial charge in [-0.05, 0) is 37.3 Å². The van der Waals surface area contributed by atoms with Crippen LogP contribution in [0.15, 0.2) is 55.0 Å². The summed E-state index contributed by atoms with van der Waals surface area (Å²) in [5.41, 5.74) is 10.9. The molecule has 0 saturated carbocycles. The second kappa shape index (κ2) is 7.05. The fourth-order valence-corrected chi connectivity index (χ4v) is 2.95. The highest BCUT2D eigenvalue weighted by molar-refractivity contribution is 5.98. The van der Waals surface area contributed by atoms with Gasteiger partial charge in [0.05, 0.1) is 34.5 Å². The van der Waals surface area contributed by atoms with Gasteiger partial charge in [0.2, 0.25) is 0 Å². The first-order valence-corrected chi connectivity index (χ1v) is 8.67. The summed E-state index contributed by atoms with van der Waals surface area (Å²) in [5.74, 6) is 0. The Morgan fingerprint density at radius 2 is 2.07 bits per heavy atom. The van der Waals surface area contributed by atoms with E-state index in [9.17, 15) is 0 Å². The van der Waals surface area contributed by atoms with Crippen molar-refractivity contribution in [2.24, 2.45) is 5.73 Å². The molecular formula is C20H19N7. The van der Waals surface area contributed by atoms with E-state index in [2.05, 4.69) is 25.1 Å². The molecule has 1 atom stereocenters. The molecule has 4 N–H and O–H groups in total. The van der Waals surface area contributed by atoms with Crippen LogP contribution in [0.4, 0.5) is 0 Å². The Kier molecular flexibility index (Phi) is 4.43. The van der Waals surface area contributed by atoms with Crippen molar-refractivity contribution in [2.75, 3.05) is 0 Å². The number of rotatable bonds is 5. The van der Waals surface area contributed by atoms with Crippen molar-refractivity contribution in [1.82, 2.24) is 25.1 Å². The Bertz CT molecular complexity index is 1100. The van der Waals surface area contributed by atoms with Crippen LogP contribution in [0.2, 0.25) is 0 Å². The molecule has 0 spiro atoms. The molecule has 27 heavy (non-hydrogen) atoms. The third kappa shape index (κ3) is 3.45. The van der Waals surface area contributed by atoms with Crippen molar-refractivity contribution >= 4 is 16.6 Å². The van der Waals surface area contributed by atoms with Gasteiger partial charge in [0, 0.05) is 35.8 Å². The van der Waals surface area contributed by atoms with Crippen LogP contribution in [0, 0.1) is 5.41 Å². The van der Waals surface area contributed by atoms with Crippen LogP contribution in [-0.4, -0.2) is 36.9 Å². The molecule has 0 bridgehead atoms. The lowest BCUT2D eigenvalue weighted by atomic mass is 10.1. The lowest BCUT2D eigenvalue weighted by Gasteiger charge is -2.07. The van der Waals surface area contributed by atoms with Crippen LogP contribution in [0.25, 0.3) is 33.5 Å². The van der Waals surface area contributed by atoms with E-state index in [1.165, 1.54) is 0 Å². The first-order valence-electron chi connectivity index (χ1n) is 8.67. The predicted octanol–water partition coefficient (Wildman–Crippen LogP) is 3.19. The normalized spacial score (nSPS) is 12.2. The van der Waals surface area contributed by atoms with E-state index in [1.807, 2.05) is 43.3 Å².